The molecule has 0 saturated heterocycles. The molecule has 0 radical (unpaired) electrons. The van der Waals surface area contributed by atoms with E-state index in [-0.39, 0.29) is 5.78 Å². The monoisotopic (exact) mass is 328 g/mol. The summed E-state index contributed by atoms with van der Waals surface area (Å²) in [6, 6.07) is 7.37. The molecule has 0 bridgehead atoms. The van der Waals surface area contributed by atoms with Crippen molar-refractivity contribution in [2.45, 2.75) is 13.8 Å². The van der Waals surface area contributed by atoms with Crippen LogP contribution in [0.15, 0.2) is 28.1 Å². The Hall–Kier alpha value is -0.640. The second-order valence-corrected chi connectivity index (χ2v) is 6.72. The van der Waals surface area contributed by atoms with E-state index in [1.54, 1.807) is 0 Å². The maximum Gasteiger partial charge on any atom is 0.204 e. The quantitative estimate of drug-likeness (QED) is 0.708. The number of carbonyl (C=O) groups is 1. The predicted octanol–water partition coefficient (Wildman–Crippen LogP) is 5.01. The number of thiophene rings is 1. The summed E-state index contributed by atoms with van der Waals surface area (Å²) in [5.41, 5.74) is 2.75. The SMILES string of the molecule is Cc1cc(Cl)c(C(=O)c2ccc(Br)s2)cc1C. The van der Waals surface area contributed by atoms with Gasteiger partial charge < -0.3 is 0 Å². The number of ketones is 1. The van der Waals surface area contributed by atoms with Crippen molar-refractivity contribution in [1.82, 2.24) is 0 Å². The lowest BCUT2D eigenvalue weighted by Crippen LogP contribution is -2.01. The van der Waals surface area contributed by atoms with Crippen LogP contribution in [0.25, 0.3) is 0 Å². The Morgan fingerprint density at radius 3 is 2.47 bits per heavy atom. The van der Waals surface area contributed by atoms with Crippen LogP contribution in [-0.2, 0) is 0 Å². The van der Waals surface area contributed by atoms with E-state index in [2.05, 4.69) is 15.9 Å². The van der Waals surface area contributed by atoms with Crippen LogP contribution in [0.3, 0.4) is 0 Å². The summed E-state index contributed by atoms with van der Waals surface area (Å²) in [6.45, 7) is 3.96. The highest BCUT2D eigenvalue weighted by Gasteiger charge is 2.15. The molecule has 0 aliphatic heterocycles. The standard InChI is InChI=1S/C13H10BrClOS/c1-7-5-9(10(15)6-8(7)2)13(16)11-3-4-12(14)17-11/h3-6H,1-2H3. The number of halogens is 2. The molecule has 88 valence electrons. The molecule has 4 heteroatoms. The van der Waals surface area contributed by atoms with Gasteiger partial charge in [-0.2, -0.15) is 0 Å². The topological polar surface area (TPSA) is 17.1 Å². The van der Waals surface area contributed by atoms with Crippen molar-refractivity contribution in [3.8, 4) is 0 Å². The molecule has 1 nitrogen and oxygen atoms in total. The van der Waals surface area contributed by atoms with Gasteiger partial charge in [-0.15, -0.1) is 11.3 Å². The number of hydrogen-bond acceptors (Lipinski definition) is 2. The third-order valence-electron chi connectivity index (χ3n) is 2.63. The number of rotatable bonds is 2. The van der Waals surface area contributed by atoms with Crippen molar-refractivity contribution < 1.29 is 4.79 Å². The molecule has 0 atom stereocenters. The first-order valence-electron chi connectivity index (χ1n) is 5.06. The van der Waals surface area contributed by atoms with Gasteiger partial charge in [-0.25, -0.2) is 0 Å². The minimum Gasteiger partial charge on any atom is -0.288 e. The van der Waals surface area contributed by atoms with Gasteiger partial charge in [0, 0.05) is 5.56 Å². The number of hydrogen-bond donors (Lipinski definition) is 0. The summed E-state index contributed by atoms with van der Waals surface area (Å²) in [5.74, 6) is -0.0196. The van der Waals surface area contributed by atoms with Crippen molar-refractivity contribution in [3.05, 3.63) is 54.6 Å². The molecule has 0 amide bonds. The number of aryl methyl sites for hydroxylation is 2. The number of carbonyl (C=O) groups excluding carboxylic acids is 1. The highest BCUT2D eigenvalue weighted by atomic mass is 79.9. The van der Waals surface area contributed by atoms with Crippen molar-refractivity contribution in [3.63, 3.8) is 0 Å². The van der Waals surface area contributed by atoms with E-state index in [0.29, 0.717) is 15.5 Å². The second-order valence-electron chi connectivity index (χ2n) is 3.85. The summed E-state index contributed by atoms with van der Waals surface area (Å²) < 4.78 is 0.945. The minimum absolute atomic E-state index is 0.0196. The van der Waals surface area contributed by atoms with E-state index in [0.717, 1.165) is 14.9 Å². The van der Waals surface area contributed by atoms with Gasteiger partial charge in [-0.3, -0.25) is 4.79 Å². The fraction of sp³-hybridized carbons (Fsp3) is 0.154. The lowest BCUT2D eigenvalue weighted by Gasteiger charge is -2.06. The van der Waals surface area contributed by atoms with E-state index in [1.807, 2.05) is 38.1 Å². The zero-order valence-corrected chi connectivity index (χ0v) is 12.5. The maximum absolute atomic E-state index is 12.2. The molecule has 0 unspecified atom stereocenters. The lowest BCUT2D eigenvalue weighted by atomic mass is 10.0. The molecule has 0 fully saturated rings. The zero-order valence-electron chi connectivity index (χ0n) is 9.38. The first-order chi connectivity index (χ1) is 7.99. The normalized spacial score (nSPS) is 10.6. The first kappa shape index (κ1) is 12.8. The molecule has 0 saturated carbocycles. The van der Waals surface area contributed by atoms with Gasteiger partial charge in [0.05, 0.1) is 13.7 Å². The Kier molecular flexibility index (Phi) is 3.71. The summed E-state index contributed by atoms with van der Waals surface area (Å²) in [7, 11) is 0. The van der Waals surface area contributed by atoms with Gasteiger partial charge in [0.2, 0.25) is 5.78 Å². The smallest absolute Gasteiger partial charge is 0.204 e. The Morgan fingerprint density at radius 1 is 1.24 bits per heavy atom. The summed E-state index contributed by atoms with van der Waals surface area (Å²) in [5, 5.41) is 0.516. The Morgan fingerprint density at radius 2 is 1.88 bits per heavy atom. The first-order valence-corrected chi connectivity index (χ1v) is 7.04. The molecule has 0 N–H and O–H groups in total. The van der Waals surface area contributed by atoms with Crippen molar-refractivity contribution >= 4 is 44.7 Å². The van der Waals surface area contributed by atoms with Crippen molar-refractivity contribution in [2.24, 2.45) is 0 Å². The Balaban J connectivity index is 2.47. The van der Waals surface area contributed by atoms with E-state index in [9.17, 15) is 4.79 Å². The van der Waals surface area contributed by atoms with Crippen LogP contribution in [0, 0.1) is 13.8 Å². The van der Waals surface area contributed by atoms with Gasteiger partial charge >= 0.3 is 0 Å². The largest absolute Gasteiger partial charge is 0.288 e. The van der Waals surface area contributed by atoms with Gasteiger partial charge in [0.15, 0.2) is 0 Å². The molecular weight excluding hydrogens is 320 g/mol. The van der Waals surface area contributed by atoms with Crippen LogP contribution >= 0.6 is 38.9 Å². The fourth-order valence-corrected chi connectivity index (χ4v) is 3.17. The van der Waals surface area contributed by atoms with Gasteiger partial charge in [0.1, 0.15) is 0 Å². The molecule has 1 aromatic carbocycles. The van der Waals surface area contributed by atoms with Crippen LogP contribution in [0.4, 0.5) is 0 Å². The van der Waals surface area contributed by atoms with E-state index >= 15 is 0 Å². The average Bonchev–Trinajstić information content (AvgIpc) is 2.69. The molecule has 2 aromatic rings. The van der Waals surface area contributed by atoms with Crippen LogP contribution in [0.5, 0.6) is 0 Å². The fourth-order valence-electron chi connectivity index (χ4n) is 1.52. The molecular formula is C13H10BrClOS. The Bertz CT molecular complexity index is 589. The number of benzene rings is 1. The van der Waals surface area contributed by atoms with E-state index in [1.165, 1.54) is 11.3 Å². The summed E-state index contributed by atoms with van der Waals surface area (Å²) in [6.07, 6.45) is 0. The van der Waals surface area contributed by atoms with Gasteiger partial charge in [0.25, 0.3) is 0 Å². The van der Waals surface area contributed by atoms with E-state index in [4.69, 9.17) is 11.6 Å². The van der Waals surface area contributed by atoms with E-state index < -0.39 is 0 Å². The molecule has 1 aromatic heterocycles. The highest BCUT2D eigenvalue weighted by molar-refractivity contribution is 9.11. The minimum atomic E-state index is -0.0196. The lowest BCUT2D eigenvalue weighted by molar-refractivity contribution is 0.104. The third-order valence-corrected chi connectivity index (χ3v) is 4.56. The molecule has 1 heterocycles. The summed E-state index contributed by atoms with van der Waals surface area (Å²) >= 11 is 10.9. The predicted molar refractivity (Wildman–Crippen MR) is 76.4 cm³/mol. The van der Waals surface area contributed by atoms with Crippen LogP contribution < -0.4 is 0 Å². The second kappa shape index (κ2) is 4.92. The molecule has 17 heavy (non-hydrogen) atoms. The average molecular weight is 330 g/mol. The Labute approximate surface area is 118 Å². The van der Waals surface area contributed by atoms with Crippen molar-refractivity contribution in [2.75, 3.05) is 0 Å². The van der Waals surface area contributed by atoms with Crippen LogP contribution in [0.2, 0.25) is 5.02 Å². The molecule has 0 aliphatic carbocycles. The molecule has 2 rings (SSSR count). The third kappa shape index (κ3) is 2.62. The van der Waals surface area contributed by atoms with Crippen LogP contribution in [-0.4, -0.2) is 5.78 Å². The van der Waals surface area contributed by atoms with Crippen LogP contribution in [0.1, 0.15) is 26.4 Å². The molecule has 0 spiro atoms. The summed E-state index contributed by atoms with van der Waals surface area (Å²) in [4.78, 5) is 12.9. The van der Waals surface area contributed by atoms with Gasteiger partial charge in [-0.05, 0) is 65.2 Å². The molecule has 0 aliphatic rings. The maximum atomic E-state index is 12.2. The highest BCUT2D eigenvalue weighted by Crippen LogP contribution is 2.28. The van der Waals surface area contributed by atoms with Crippen molar-refractivity contribution in [1.29, 1.82) is 0 Å². The zero-order chi connectivity index (χ0) is 12.6. The van der Waals surface area contributed by atoms with Gasteiger partial charge in [-0.1, -0.05) is 11.6 Å².